The molecule has 3 rings (SSSR count). The molecule has 0 saturated carbocycles. The third-order valence-electron chi connectivity index (χ3n) is 2.95. The van der Waals surface area contributed by atoms with Gasteiger partial charge in [-0.15, -0.1) is 10.2 Å². The Labute approximate surface area is 161 Å². The zero-order chi connectivity index (χ0) is 16.9. The summed E-state index contributed by atoms with van der Waals surface area (Å²) in [5.41, 5.74) is 1.54. The average Bonchev–Trinajstić information content (AvgIpc) is 3.05. The smallest absolute Gasteiger partial charge is 0.277 e. The van der Waals surface area contributed by atoms with Gasteiger partial charge in [-0.05, 0) is 71.1 Å². The number of anilines is 1. The fourth-order valence-corrected chi connectivity index (χ4v) is 2.88. The van der Waals surface area contributed by atoms with Crippen molar-refractivity contribution in [2.24, 2.45) is 0 Å². The van der Waals surface area contributed by atoms with Crippen LogP contribution in [0.4, 0.5) is 5.69 Å². The van der Waals surface area contributed by atoms with E-state index in [1.807, 2.05) is 24.3 Å². The van der Waals surface area contributed by atoms with Gasteiger partial charge in [0, 0.05) is 19.8 Å². The minimum atomic E-state index is -0.132. The molecule has 0 radical (unpaired) electrons. The Bertz CT molecular complexity index is 837. The van der Waals surface area contributed by atoms with E-state index in [2.05, 4.69) is 38.1 Å². The Morgan fingerprint density at radius 3 is 2.54 bits per heavy atom. The van der Waals surface area contributed by atoms with Gasteiger partial charge in [-0.1, -0.05) is 23.4 Å². The van der Waals surface area contributed by atoms with Crippen molar-refractivity contribution in [1.82, 2.24) is 10.2 Å². The number of carbonyl (C=O) groups is 1. The highest BCUT2D eigenvalue weighted by molar-refractivity contribution is 14.1. The number of hydrogen-bond acceptors (Lipinski definition) is 5. The number of amides is 1. The number of thioether (sulfide) groups is 1. The Balaban J connectivity index is 1.56. The molecule has 0 aliphatic carbocycles. The largest absolute Gasteiger partial charge is 0.411 e. The summed E-state index contributed by atoms with van der Waals surface area (Å²) in [7, 11) is 0. The first-order valence-corrected chi connectivity index (χ1v) is 9.32. The van der Waals surface area contributed by atoms with Crippen LogP contribution in [-0.2, 0) is 4.79 Å². The normalized spacial score (nSPS) is 10.6. The lowest BCUT2D eigenvalue weighted by atomic mass is 10.2. The molecule has 1 N–H and O–H groups in total. The van der Waals surface area contributed by atoms with Crippen LogP contribution in [0.3, 0.4) is 0 Å². The molecule has 0 unspecified atom stereocenters. The highest BCUT2D eigenvalue weighted by atomic mass is 127. The lowest BCUT2D eigenvalue weighted by Gasteiger charge is -2.03. The van der Waals surface area contributed by atoms with Crippen LogP contribution in [0.25, 0.3) is 11.5 Å². The first-order valence-electron chi connectivity index (χ1n) is 6.88. The molecule has 24 heavy (non-hydrogen) atoms. The van der Waals surface area contributed by atoms with Gasteiger partial charge in [-0.25, -0.2) is 0 Å². The summed E-state index contributed by atoms with van der Waals surface area (Å²) < 4.78 is 6.65. The van der Waals surface area contributed by atoms with Crippen LogP contribution in [-0.4, -0.2) is 21.9 Å². The maximum Gasteiger partial charge on any atom is 0.277 e. The summed E-state index contributed by atoms with van der Waals surface area (Å²) in [6.45, 7) is 0. The van der Waals surface area contributed by atoms with E-state index in [4.69, 9.17) is 16.0 Å². The zero-order valence-electron chi connectivity index (χ0n) is 12.2. The number of halogens is 2. The molecular weight excluding hydrogens is 461 g/mol. The molecule has 0 atom stereocenters. The van der Waals surface area contributed by atoms with Gasteiger partial charge < -0.3 is 9.73 Å². The van der Waals surface area contributed by atoms with E-state index in [0.29, 0.717) is 16.1 Å². The summed E-state index contributed by atoms with van der Waals surface area (Å²) in [6.07, 6.45) is 0. The first kappa shape index (κ1) is 17.2. The number of aromatic nitrogens is 2. The van der Waals surface area contributed by atoms with Crippen molar-refractivity contribution in [2.75, 3.05) is 11.1 Å². The molecule has 122 valence electrons. The zero-order valence-corrected chi connectivity index (χ0v) is 15.9. The lowest BCUT2D eigenvalue weighted by Crippen LogP contribution is -2.13. The minimum absolute atomic E-state index is 0.132. The maximum atomic E-state index is 11.9. The van der Waals surface area contributed by atoms with Crippen molar-refractivity contribution in [1.29, 1.82) is 0 Å². The molecule has 8 heteroatoms. The molecule has 0 aliphatic heterocycles. The molecule has 1 aromatic heterocycles. The van der Waals surface area contributed by atoms with Crippen molar-refractivity contribution in [3.05, 3.63) is 57.1 Å². The van der Waals surface area contributed by atoms with E-state index >= 15 is 0 Å². The summed E-state index contributed by atoms with van der Waals surface area (Å²) in [4.78, 5) is 11.9. The van der Waals surface area contributed by atoms with Gasteiger partial charge in [0.05, 0.1) is 5.75 Å². The molecule has 1 heterocycles. The standard InChI is InChI=1S/C16H11ClIN3O2S/c17-11-3-1-10(2-4-11)15-20-21-16(23-15)24-9-14(22)19-13-7-5-12(18)6-8-13/h1-8H,9H2,(H,19,22). The average molecular weight is 472 g/mol. The van der Waals surface area contributed by atoms with E-state index in [9.17, 15) is 4.79 Å². The molecule has 0 spiro atoms. The van der Waals surface area contributed by atoms with Crippen LogP contribution >= 0.6 is 46.0 Å². The van der Waals surface area contributed by atoms with Crippen LogP contribution in [0.15, 0.2) is 58.2 Å². The van der Waals surface area contributed by atoms with E-state index in [-0.39, 0.29) is 11.7 Å². The second-order valence-electron chi connectivity index (χ2n) is 4.72. The Hall–Kier alpha value is -1.58. The lowest BCUT2D eigenvalue weighted by molar-refractivity contribution is -0.113. The van der Waals surface area contributed by atoms with E-state index in [1.165, 1.54) is 11.8 Å². The summed E-state index contributed by atoms with van der Waals surface area (Å²) >= 11 is 9.25. The van der Waals surface area contributed by atoms with Crippen LogP contribution < -0.4 is 5.32 Å². The number of rotatable bonds is 5. The predicted octanol–water partition coefficient (Wildman–Crippen LogP) is 4.73. The van der Waals surface area contributed by atoms with Crippen LogP contribution in [0, 0.1) is 3.57 Å². The topological polar surface area (TPSA) is 68.0 Å². The predicted molar refractivity (Wildman–Crippen MR) is 103 cm³/mol. The van der Waals surface area contributed by atoms with Gasteiger partial charge in [-0.3, -0.25) is 4.79 Å². The maximum absolute atomic E-state index is 11.9. The second-order valence-corrected chi connectivity index (χ2v) is 7.33. The molecule has 0 bridgehead atoms. The van der Waals surface area contributed by atoms with Gasteiger partial charge in [0.2, 0.25) is 11.8 Å². The highest BCUT2D eigenvalue weighted by Crippen LogP contribution is 2.24. The Morgan fingerprint density at radius 2 is 1.83 bits per heavy atom. The van der Waals surface area contributed by atoms with Gasteiger partial charge in [0.25, 0.3) is 5.22 Å². The molecule has 3 aromatic rings. The number of hydrogen-bond donors (Lipinski definition) is 1. The van der Waals surface area contributed by atoms with Crippen molar-refractivity contribution < 1.29 is 9.21 Å². The van der Waals surface area contributed by atoms with Crippen LogP contribution in [0.2, 0.25) is 5.02 Å². The Kier molecular flexibility index (Phi) is 5.75. The van der Waals surface area contributed by atoms with Crippen LogP contribution in [0.1, 0.15) is 0 Å². The molecular formula is C16H11ClIN3O2S. The van der Waals surface area contributed by atoms with E-state index < -0.39 is 0 Å². The second kappa shape index (κ2) is 8.00. The number of nitrogens with one attached hydrogen (secondary N) is 1. The third kappa shape index (κ3) is 4.71. The van der Waals surface area contributed by atoms with E-state index in [1.54, 1.807) is 24.3 Å². The monoisotopic (exact) mass is 471 g/mol. The summed E-state index contributed by atoms with van der Waals surface area (Å²) in [5.74, 6) is 0.452. The van der Waals surface area contributed by atoms with Crippen molar-refractivity contribution >= 4 is 57.5 Å². The third-order valence-corrected chi connectivity index (χ3v) is 4.74. The van der Waals surface area contributed by atoms with Crippen molar-refractivity contribution in [3.8, 4) is 11.5 Å². The van der Waals surface area contributed by atoms with Gasteiger partial charge in [0.15, 0.2) is 0 Å². The number of carbonyl (C=O) groups excluding carboxylic acids is 1. The molecule has 2 aromatic carbocycles. The summed E-state index contributed by atoms with van der Waals surface area (Å²) in [5, 5.41) is 11.7. The van der Waals surface area contributed by atoms with Crippen molar-refractivity contribution in [2.45, 2.75) is 5.22 Å². The molecule has 0 saturated heterocycles. The van der Waals surface area contributed by atoms with Crippen molar-refractivity contribution in [3.63, 3.8) is 0 Å². The fraction of sp³-hybridized carbons (Fsp3) is 0.0625. The van der Waals surface area contributed by atoms with Crippen LogP contribution in [0.5, 0.6) is 0 Å². The molecule has 5 nitrogen and oxygen atoms in total. The molecule has 1 amide bonds. The first-order chi connectivity index (χ1) is 11.6. The van der Waals surface area contributed by atoms with Gasteiger partial charge in [0.1, 0.15) is 0 Å². The fourth-order valence-electron chi connectivity index (χ4n) is 1.83. The number of nitrogens with zero attached hydrogens (tertiary/aromatic N) is 2. The summed E-state index contributed by atoms with van der Waals surface area (Å²) in [6, 6.07) is 14.7. The van der Waals surface area contributed by atoms with Gasteiger partial charge in [-0.2, -0.15) is 0 Å². The minimum Gasteiger partial charge on any atom is -0.411 e. The Morgan fingerprint density at radius 1 is 1.12 bits per heavy atom. The molecule has 0 fully saturated rings. The molecule has 0 aliphatic rings. The number of benzene rings is 2. The SMILES string of the molecule is O=C(CSc1nnc(-c2ccc(Cl)cc2)o1)Nc1ccc(I)cc1. The highest BCUT2D eigenvalue weighted by Gasteiger charge is 2.11. The van der Waals surface area contributed by atoms with E-state index in [0.717, 1.165) is 14.8 Å². The van der Waals surface area contributed by atoms with Gasteiger partial charge >= 0.3 is 0 Å². The quantitative estimate of drug-likeness (QED) is 0.431.